The minimum absolute atomic E-state index is 0.259. The number of nitrogens with zero attached hydrogens (tertiary/aromatic N) is 2. The highest BCUT2D eigenvalue weighted by Gasteiger charge is 2.23. The van der Waals surface area contributed by atoms with Crippen LogP contribution in [0, 0.1) is 0 Å². The molecule has 0 spiro atoms. The van der Waals surface area contributed by atoms with E-state index in [0.717, 1.165) is 12.8 Å². The van der Waals surface area contributed by atoms with Crippen LogP contribution in [-0.4, -0.2) is 45.1 Å². The van der Waals surface area contributed by atoms with Gasteiger partial charge in [0.25, 0.3) is 0 Å². The van der Waals surface area contributed by atoms with Gasteiger partial charge in [-0.1, -0.05) is 26.7 Å². The van der Waals surface area contributed by atoms with Crippen LogP contribution in [0.15, 0.2) is 0 Å². The summed E-state index contributed by atoms with van der Waals surface area (Å²) in [5.74, 6) is -0.123. The van der Waals surface area contributed by atoms with Crippen molar-refractivity contribution in [3.63, 3.8) is 0 Å². The third kappa shape index (κ3) is 4.30. The minimum atomic E-state index is -0.468. The van der Waals surface area contributed by atoms with Gasteiger partial charge in [-0.3, -0.25) is 0 Å². The summed E-state index contributed by atoms with van der Waals surface area (Å²) in [6, 6.07) is 0. The Bertz CT molecular complexity index is 699. The van der Waals surface area contributed by atoms with Crippen LogP contribution in [0.4, 0.5) is 0 Å². The lowest BCUT2D eigenvalue weighted by atomic mass is 10.2. The van der Waals surface area contributed by atoms with Crippen molar-refractivity contribution in [1.82, 2.24) is 19.9 Å². The Labute approximate surface area is 152 Å². The SMILES string of the molecule is CCCc1[nH]c(-c2nc(C(=O)OCC)c(CCC)[nH]2)nc1C(=O)OCC. The van der Waals surface area contributed by atoms with Gasteiger partial charge >= 0.3 is 11.9 Å². The predicted molar refractivity (Wildman–Crippen MR) is 96.1 cm³/mol. The van der Waals surface area contributed by atoms with E-state index in [2.05, 4.69) is 19.9 Å². The van der Waals surface area contributed by atoms with E-state index in [1.54, 1.807) is 13.8 Å². The van der Waals surface area contributed by atoms with Crippen LogP contribution in [0.1, 0.15) is 72.9 Å². The Morgan fingerprint density at radius 3 is 1.46 bits per heavy atom. The molecule has 26 heavy (non-hydrogen) atoms. The molecular formula is C18H26N4O4. The van der Waals surface area contributed by atoms with Crippen LogP contribution in [0.2, 0.25) is 0 Å². The number of H-pyrrole nitrogens is 2. The molecule has 2 aromatic heterocycles. The molecule has 0 saturated heterocycles. The number of aromatic amines is 2. The Balaban J connectivity index is 2.43. The lowest BCUT2D eigenvalue weighted by molar-refractivity contribution is 0.0509. The predicted octanol–water partition coefficient (Wildman–Crippen LogP) is 3.06. The van der Waals surface area contributed by atoms with Crippen molar-refractivity contribution in [2.45, 2.75) is 53.4 Å². The summed E-state index contributed by atoms with van der Waals surface area (Å²) in [6.45, 7) is 8.09. The zero-order valence-corrected chi connectivity index (χ0v) is 15.8. The van der Waals surface area contributed by atoms with E-state index in [0.29, 0.717) is 35.9 Å². The van der Waals surface area contributed by atoms with E-state index in [4.69, 9.17) is 9.47 Å². The molecular weight excluding hydrogens is 336 g/mol. The number of rotatable bonds is 9. The van der Waals surface area contributed by atoms with E-state index in [9.17, 15) is 9.59 Å². The zero-order chi connectivity index (χ0) is 19.1. The number of esters is 2. The van der Waals surface area contributed by atoms with Gasteiger partial charge in [0.1, 0.15) is 0 Å². The zero-order valence-electron chi connectivity index (χ0n) is 15.8. The normalized spacial score (nSPS) is 10.8. The van der Waals surface area contributed by atoms with Crippen molar-refractivity contribution in [3.8, 4) is 11.6 Å². The standard InChI is InChI=1S/C18H26N4O4/c1-5-9-11-13(17(23)25-7-3)21-15(19-11)16-20-12(10-6-2)14(22-16)18(24)26-8-4/h5-10H2,1-4H3,(H,19,21)(H,20,22). The average molecular weight is 362 g/mol. The van der Waals surface area contributed by atoms with E-state index in [1.807, 2.05) is 13.8 Å². The molecule has 0 fully saturated rings. The average Bonchev–Trinajstić information content (AvgIpc) is 3.20. The van der Waals surface area contributed by atoms with Crippen LogP contribution in [0.25, 0.3) is 11.6 Å². The first-order valence-corrected chi connectivity index (χ1v) is 9.07. The molecule has 0 bridgehead atoms. The van der Waals surface area contributed by atoms with Crippen molar-refractivity contribution in [2.75, 3.05) is 13.2 Å². The van der Waals surface area contributed by atoms with E-state index in [1.165, 1.54) is 0 Å². The van der Waals surface area contributed by atoms with Gasteiger partial charge in [-0.25, -0.2) is 19.6 Å². The molecule has 2 heterocycles. The fraction of sp³-hybridized carbons (Fsp3) is 0.556. The summed E-state index contributed by atoms with van der Waals surface area (Å²) < 4.78 is 10.2. The molecule has 0 aliphatic heterocycles. The second-order valence-corrected chi connectivity index (χ2v) is 5.77. The molecule has 8 heteroatoms. The monoisotopic (exact) mass is 362 g/mol. The lowest BCUT2D eigenvalue weighted by Gasteiger charge is -2.00. The first-order chi connectivity index (χ1) is 12.5. The molecule has 2 rings (SSSR count). The highest BCUT2D eigenvalue weighted by atomic mass is 16.5. The maximum Gasteiger partial charge on any atom is 0.358 e. The summed E-state index contributed by atoms with van der Waals surface area (Å²) >= 11 is 0. The van der Waals surface area contributed by atoms with Crippen molar-refractivity contribution in [3.05, 3.63) is 22.8 Å². The fourth-order valence-corrected chi connectivity index (χ4v) is 2.64. The van der Waals surface area contributed by atoms with Gasteiger partial charge < -0.3 is 19.4 Å². The summed E-state index contributed by atoms with van der Waals surface area (Å²) in [4.78, 5) is 39.3. The van der Waals surface area contributed by atoms with Crippen LogP contribution in [0.3, 0.4) is 0 Å². The van der Waals surface area contributed by atoms with Gasteiger partial charge in [-0.15, -0.1) is 0 Å². The number of carbonyl (C=O) groups excluding carboxylic acids is 2. The van der Waals surface area contributed by atoms with Gasteiger partial charge in [-0.2, -0.15) is 0 Å². The highest BCUT2D eigenvalue weighted by Crippen LogP contribution is 2.21. The number of aromatic nitrogens is 4. The number of hydrogen-bond acceptors (Lipinski definition) is 6. The Hall–Kier alpha value is -2.64. The van der Waals surface area contributed by atoms with Gasteiger partial charge in [0.05, 0.1) is 24.6 Å². The van der Waals surface area contributed by atoms with E-state index in [-0.39, 0.29) is 24.6 Å². The summed E-state index contributed by atoms with van der Waals surface area (Å²) in [5.41, 5.74) is 1.92. The minimum Gasteiger partial charge on any atom is -0.461 e. The van der Waals surface area contributed by atoms with Crippen molar-refractivity contribution in [1.29, 1.82) is 0 Å². The largest absolute Gasteiger partial charge is 0.461 e. The molecule has 0 radical (unpaired) electrons. The Morgan fingerprint density at radius 2 is 1.15 bits per heavy atom. The number of imidazole rings is 2. The quantitative estimate of drug-likeness (QED) is 0.663. The van der Waals surface area contributed by atoms with Crippen molar-refractivity contribution in [2.24, 2.45) is 0 Å². The fourth-order valence-electron chi connectivity index (χ4n) is 2.64. The first kappa shape index (κ1) is 19.7. The lowest BCUT2D eigenvalue weighted by Crippen LogP contribution is -2.08. The Morgan fingerprint density at radius 1 is 0.769 bits per heavy atom. The maximum absolute atomic E-state index is 12.1. The van der Waals surface area contributed by atoms with Crippen LogP contribution >= 0.6 is 0 Å². The second-order valence-electron chi connectivity index (χ2n) is 5.77. The van der Waals surface area contributed by atoms with E-state index < -0.39 is 11.9 Å². The van der Waals surface area contributed by atoms with Crippen molar-refractivity contribution < 1.29 is 19.1 Å². The summed E-state index contributed by atoms with van der Waals surface area (Å²) in [5, 5.41) is 0. The highest BCUT2D eigenvalue weighted by molar-refractivity contribution is 5.90. The molecule has 0 amide bonds. The third-order valence-corrected chi connectivity index (χ3v) is 3.72. The number of carbonyl (C=O) groups is 2. The molecule has 0 aromatic carbocycles. The molecule has 0 atom stereocenters. The van der Waals surface area contributed by atoms with Gasteiger partial charge in [0.2, 0.25) is 0 Å². The molecule has 2 N–H and O–H groups in total. The van der Waals surface area contributed by atoms with Gasteiger partial charge in [0.15, 0.2) is 23.0 Å². The molecule has 2 aromatic rings. The van der Waals surface area contributed by atoms with Crippen LogP contribution in [0.5, 0.6) is 0 Å². The molecule has 0 aliphatic carbocycles. The number of ether oxygens (including phenoxy) is 2. The summed E-state index contributed by atoms with van der Waals surface area (Å²) in [6.07, 6.45) is 3.02. The molecule has 0 aliphatic rings. The van der Waals surface area contributed by atoms with E-state index >= 15 is 0 Å². The molecule has 142 valence electrons. The number of aryl methyl sites for hydroxylation is 2. The molecule has 0 unspecified atom stereocenters. The van der Waals surface area contributed by atoms with Gasteiger partial charge in [0, 0.05) is 0 Å². The van der Waals surface area contributed by atoms with Gasteiger partial charge in [-0.05, 0) is 26.7 Å². The number of nitrogens with one attached hydrogen (secondary N) is 2. The topological polar surface area (TPSA) is 110 Å². The molecule has 8 nitrogen and oxygen atoms in total. The van der Waals surface area contributed by atoms with Crippen molar-refractivity contribution >= 4 is 11.9 Å². The second kappa shape index (κ2) is 9.17. The van der Waals surface area contributed by atoms with Crippen LogP contribution < -0.4 is 0 Å². The Kier molecular flexibility index (Phi) is 6.94. The molecule has 0 saturated carbocycles. The maximum atomic E-state index is 12.1. The third-order valence-electron chi connectivity index (χ3n) is 3.72. The first-order valence-electron chi connectivity index (χ1n) is 9.07. The summed E-state index contributed by atoms with van der Waals surface area (Å²) in [7, 11) is 0. The van der Waals surface area contributed by atoms with Crippen LogP contribution in [-0.2, 0) is 22.3 Å². The smallest absolute Gasteiger partial charge is 0.358 e. The number of hydrogen-bond donors (Lipinski definition) is 2.